The molecule has 10 heteroatoms. The highest BCUT2D eigenvalue weighted by Gasteiger charge is 2.32. The lowest BCUT2D eigenvalue weighted by Crippen LogP contribution is -2.43. The minimum absolute atomic E-state index is 0.0882. The lowest BCUT2D eigenvalue weighted by Gasteiger charge is -2.33. The van der Waals surface area contributed by atoms with Gasteiger partial charge in [-0.1, -0.05) is 0 Å². The molecule has 0 bridgehead atoms. The fourth-order valence-electron chi connectivity index (χ4n) is 3.55. The van der Waals surface area contributed by atoms with Crippen LogP contribution in [0.25, 0.3) is 5.69 Å². The van der Waals surface area contributed by atoms with Crippen LogP contribution in [0.3, 0.4) is 0 Å². The maximum atomic E-state index is 12.6. The molecular formula is C22H27N5O4S. The Kier molecular flexibility index (Phi) is 6.40. The zero-order chi connectivity index (χ0) is 22.7. The molecule has 1 atom stereocenters. The number of ether oxygens (including phenoxy) is 2. The van der Waals surface area contributed by atoms with Crippen molar-refractivity contribution in [3.63, 3.8) is 0 Å². The lowest BCUT2D eigenvalue weighted by molar-refractivity contribution is 0.0202. The minimum atomic E-state index is -1.25. The summed E-state index contributed by atoms with van der Waals surface area (Å²) in [5.41, 5.74) is 1.03. The smallest absolute Gasteiger partial charge is 0.410 e. The zero-order valence-electron chi connectivity index (χ0n) is 18.4. The molecule has 2 aliphatic rings. The van der Waals surface area contributed by atoms with Gasteiger partial charge in [0.15, 0.2) is 0 Å². The average Bonchev–Trinajstić information content (AvgIpc) is 3.41. The van der Waals surface area contributed by atoms with Gasteiger partial charge in [-0.05, 0) is 57.9 Å². The average molecular weight is 458 g/mol. The van der Waals surface area contributed by atoms with Crippen LogP contribution >= 0.6 is 0 Å². The zero-order valence-corrected chi connectivity index (χ0v) is 19.2. The SMILES string of the molecule is CC(C)(C)OC(=O)N1CCC(C2=NC(COc3ccc(-n4cncn4)cc3)=CS2=O)CC1. The van der Waals surface area contributed by atoms with Crippen LogP contribution in [-0.2, 0) is 15.5 Å². The first-order chi connectivity index (χ1) is 15.3. The van der Waals surface area contributed by atoms with Crippen LogP contribution in [0.4, 0.5) is 4.79 Å². The van der Waals surface area contributed by atoms with Gasteiger partial charge < -0.3 is 14.4 Å². The molecule has 9 nitrogen and oxygen atoms in total. The number of hydrogen-bond donors (Lipinski definition) is 0. The van der Waals surface area contributed by atoms with E-state index >= 15 is 0 Å². The molecule has 3 heterocycles. The van der Waals surface area contributed by atoms with Crippen molar-refractivity contribution in [3.8, 4) is 11.4 Å². The fourth-order valence-corrected chi connectivity index (χ4v) is 4.81. The van der Waals surface area contributed by atoms with E-state index in [4.69, 9.17) is 9.47 Å². The van der Waals surface area contributed by atoms with Crippen LogP contribution in [0.1, 0.15) is 33.6 Å². The molecule has 1 amide bonds. The van der Waals surface area contributed by atoms with Crippen molar-refractivity contribution >= 4 is 21.9 Å². The number of likely N-dealkylation sites (tertiary alicyclic amines) is 1. The summed E-state index contributed by atoms with van der Waals surface area (Å²) in [6.07, 6.45) is 4.24. The number of aliphatic imine (C=N–C) groups is 1. The van der Waals surface area contributed by atoms with Gasteiger partial charge in [-0.15, -0.1) is 0 Å². The number of benzene rings is 1. The second kappa shape index (κ2) is 9.23. The number of piperidine rings is 1. The molecule has 1 unspecified atom stereocenters. The van der Waals surface area contributed by atoms with Crippen molar-refractivity contribution in [1.82, 2.24) is 19.7 Å². The molecule has 2 aromatic rings. The Bertz CT molecular complexity index is 1030. The van der Waals surface area contributed by atoms with Gasteiger partial charge in [0.1, 0.15) is 35.7 Å². The Morgan fingerprint density at radius 2 is 1.91 bits per heavy atom. The maximum Gasteiger partial charge on any atom is 0.410 e. The number of amides is 1. The van der Waals surface area contributed by atoms with Crippen molar-refractivity contribution in [2.24, 2.45) is 10.9 Å². The van der Waals surface area contributed by atoms with Gasteiger partial charge in [0.05, 0.1) is 22.2 Å². The van der Waals surface area contributed by atoms with E-state index in [1.54, 1.807) is 21.3 Å². The molecule has 0 N–H and O–H groups in total. The molecule has 32 heavy (non-hydrogen) atoms. The molecule has 0 aliphatic carbocycles. The third-order valence-corrected chi connectivity index (χ3v) is 6.43. The van der Waals surface area contributed by atoms with Crippen molar-refractivity contribution in [2.75, 3.05) is 19.7 Å². The predicted molar refractivity (Wildman–Crippen MR) is 121 cm³/mol. The van der Waals surface area contributed by atoms with E-state index in [1.807, 2.05) is 45.0 Å². The molecule has 0 radical (unpaired) electrons. The monoisotopic (exact) mass is 457 g/mol. The molecule has 1 aromatic heterocycles. The number of aromatic nitrogens is 3. The molecule has 1 fully saturated rings. The topological polar surface area (TPSA) is 98.9 Å². The number of carbonyl (C=O) groups is 1. The van der Waals surface area contributed by atoms with E-state index < -0.39 is 16.4 Å². The Labute approximate surface area is 189 Å². The molecule has 0 saturated carbocycles. The standard InChI is InChI=1S/C22H27N5O4S/c1-22(2,3)31-21(28)26-10-8-16(9-11-26)20-25-17(13-32(20)29)12-30-19-6-4-18(5-7-19)27-15-23-14-24-27/h4-7,13-16H,8-12H2,1-3H3. The Balaban J connectivity index is 1.29. The van der Waals surface area contributed by atoms with Gasteiger partial charge in [0, 0.05) is 24.4 Å². The van der Waals surface area contributed by atoms with Crippen LogP contribution in [0.15, 0.2) is 53.0 Å². The Morgan fingerprint density at radius 3 is 2.53 bits per heavy atom. The van der Waals surface area contributed by atoms with Crippen LogP contribution in [-0.4, -0.2) is 60.3 Å². The van der Waals surface area contributed by atoms with Crippen molar-refractivity contribution in [2.45, 2.75) is 39.2 Å². The summed E-state index contributed by atoms with van der Waals surface area (Å²) in [7, 11) is -1.25. The van der Waals surface area contributed by atoms with E-state index in [-0.39, 0.29) is 18.6 Å². The Hall–Kier alpha value is -3.01. The third-order valence-electron chi connectivity index (χ3n) is 5.11. The van der Waals surface area contributed by atoms with Gasteiger partial charge in [0.25, 0.3) is 0 Å². The molecule has 0 spiro atoms. The van der Waals surface area contributed by atoms with E-state index in [2.05, 4.69) is 15.1 Å². The highest BCUT2D eigenvalue weighted by molar-refractivity contribution is 8.03. The Morgan fingerprint density at radius 1 is 1.19 bits per heavy atom. The van der Waals surface area contributed by atoms with Crippen molar-refractivity contribution in [1.29, 1.82) is 0 Å². The van der Waals surface area contributed by atoms with E-state index in [1.165, 1.54) is 6.33 Å². The summed E-state index contributed by atoms with van der Waals surface area (Å²) in [5.74, 6) is 0.778. The number of rotatable bonds is 5. The molecule has 1 aromatic carbocycles. The molecule has 4 rings (SSSR count). The maximum absolute atomic E-state index is 12.6. The quantitative estimate of drug-likeness (QED) is 0.683. The van der Waals surface area contributed by atoms with Crippen molar-refractivity contribution < 1.29 is 18.5 Å². The summed E-state index contributed by atoms with van der Waals surface area (Å²) in [6, 6.07) is 7.47. The van der Waals surface area contributed by atoms with Crippen LogP contribution in [0.2, 0.25) is 0 Å². The van der Waals surface area contributed by atoms with Gasteiger partial charge >= 0.3 is 6.09 Å². The second-order valence-corrected chi connectivity index (χ2v) is 9.97. The molecule has 2 aliphatic heterocycles. The summed E-state index contributed by atoms with van der Waals surface area (Å²) in [6.45, 7) is 6.95. The molecule has 1 saturated heterocycles. The lowest BCUT2D eigenvalue weighted by atomic mass is 9.98. The van der Waals surface area contributed by atoms with E-state index in [9.17, 15) is 9.00 Å². The first-order valence-electron chi connectivity index (χ1n) is 10.5. The van der Waals surface area contributed by atoms with Gasteiger partial charge in [0.2, 0.25) is 0 Å². The first kappa shape index (κ1) is 22.2. The summed E-state index contributed by atoms with van der Waals surface area (Å²) < 4.78 is 25.5. The van der Waals surface area contributed by atoms with Gasteiger partial charge in [-0.3, -0.25) is 0 Å². The number of nitrogens with zero attached hydrogens (tertiary/aromatic N) is 5. The van der Waals surface area contributed by atoms with Gasteiger partial charge in [-0.25, -0.2) is 23.7 Å². The van der Waals surface area contributed by atoms with Gasteiger partial charge in [-0.2, -0.15) is 5.10 Å². The van der Waals surface area contributed by atoms with E-state index in [0.717, 1.165) is 18.5 Å². The van der Waals surface area contributed by atoms with Crippen LogP contribution < -0.4 is 4.74 Å². The largest absolute Gasteiger partial charge is 0.487 e. The number of carbonyl (C=O) groups excluding carboxylic acids is 1. The van der Waals surface area contributed by atoms with E-state index in [0.29, 0.717) is 29.6 Å². The second-order valence-electron chi connectivity index (χ2n) is 8.72. The summed E-state index contributed by atoms with van der Waals surface area (Å²) in [4.78, 5) is 22.5. The normalized spacial score (nSPS) is 19.5. The summed E-state index contributed by atoms with van der Waals surface area (Å²) in [5, 5.41) is 6.42. The molecule has 170 valence electrons. The third kappa shape index (κ3) is 5.42. The number of hydrogen-bond acceptors (Lipinski definition) is 7. The van der Waals surface area contributed by atoms with Crippen LogP contribution in [0.5, 0.6) is 5.75 Å². The molecular weight excluding hydrogens is 430 g/mol. The fraction of sp³-hybridized carbons (Fsp3) is 0.455. The van der Waals surface area contributed by atoms with Crippen molar-refractivity contribution in [3.05, 3.63) is 48.0 Å². The highest BCUT2D eigenvalue weighted by Crippen LogP contribution is 2.27. The van der Waals surface area contributed by atoms with Crippen LogP contribution in [0, 0.1) is 5.92 Å². The highest BCUT2D eigenvalue weighted by atomic mass is 32.2. The summed E-state index contributed by atoms with van der Waals surface area (Å²) >= 11 is 0. The predicted octanol–water partition coefficient (Wildman–Crippen LogP) is 3.30. The minimum Gasteiger partial charge on any atom is -0.487 e. The first-order valence-corrected chi connectivity index (χ1v) is 11.8.